The van der Waals surface area contributed by atoms with E-state index in [1.54, 1.807) is 11.3 Å². The number of ether oxygens (including phenoxy) is 1. The lowest BCUT2D eigenvalue weighted by Crippen LogP contribution is -2.39. The first-order valence-corrected chi connectivity index (χ1v) is 13.5. The lowest BCUT2D eigenvalue weighted by atomic mass is 9.95. The minimum Gasteiger partial charge on any atom is -0.381 e. The molecule has 0 bridgehead atoms. The predicted molar refractivity (Wildman–Crippen MR) is 144 cm³/mol. The van der Waals surface area contributed by atoms with E-state index in [9.17, 15) is 9.59 Å². The van der Waals surface area contributed by atoms with Gasteiger partial charge in [0.15, 0.2) is 0 Å². The topological polar surface area (TPSA) is 74.2 Å². The lowest BCUT2D eigenvalue weighted by molar-refractivity contribution is -0.120. The molecule has 7 nitrogen and oxygen atoms in total. The first-order valence-electron chi connectivity index (χ1n) is 12.7. The molecule has 2 amide bonds. The third-order valence-corrected chi connectivity index (χ3v) is 8.73. The summed E-state index contributed by atoms with van der Waals surface area (Å²) in [5.74, 6) is -0.684. The quantitative estimate of drug-likeness (QED) is 0.613. The van der Waals surface area contributed by atoms with Gasteiger partial charge in [-0.1, -0.05) is 11.6 Å². The van der Waals surface area contributed by atoms with Crippen molar-refractivity contribution in [2.75, 3.05) is 51.3 Å². The van der Waals surface area contributed by atoms with Crippen molar-refractivity contribution in [3.8, 4) is 0 Å². The fourth-order valence-corrected chi connectivity index (χ4v) is 6.76. The summed E-state index contributed by atoms with van der Waals surface area (Å²) in [7, 11) is 2.12. The van der Waals surface area contributed by atoms with Crippen molar-refractivity contribution in [3.05, 3.63) is 33.7 Å². The van der Waals surface area contributed by atoms with Crippen molar-refractivity contribution in [2.24, 2.45) is 10.9 Å². The van der Waals surface area contributed by atoms with Crippen LogP contribution in [0.2, 0.25) is 0 Å². The van der Waals surface area contributed by atoms with Crippen LogP contribution in [0.4, 0.5) is 5.00 Å². The smallest absolute Gasteiger partial charge is 0.254 e. The number of hydrogen-bond donors (Lipinski definition) is 1. The zero-order valence-electron chi connectivity index (χ0n) is 21.6. The van der Waals surface area contributed by atoms with E-state index < -0.39 is 5.92 Å². The Labute approximate surface area is 212 Å². The van der Waals surface area contributed by atoms with Gasteiger partial charge in [0.05, 0.1) is 16.5 Å². The van der Waals surface area contributed by atoms with Crippen LogP contribution in [0.15, 0.2) is 22.7 Å². The molecule has 1 atom stereocenters. The Balaban J connectivity index is 1.64. The number of allylic oxidation sites excluding steroid dienone is 1. The Bertz CT molecular complexity index is 1060. The van der Waals surface area contributed by atoms with E-state index >= 15 is 0 Å². The molecule has 1 aromatic heterocycles. The SMILES string of the molecule is CCN(c1sc(C2=CCN(C)CC2)c(C(=O)NCC2C(=O)N=C(C)C=C2C)c1C)C1CCOCC1. The van der Waals surface area contributed by atoms with Gasteiger partial charge in [0, 0.05) is 56.0 Å². The molecule has 0 spiro atoms. The van der Waals surface area contributed by atoms with Gasteiger partial charge in [0.1, 0.15) is 0 Å². The number of nitrogens with one attached hydrogen (secondary N) is 1. The van der Waals surface area contributed by atoms with Crippen LogP contribution >= 0.6 is 11.3 Å². The van der Waals surface area contributed by atoms with Crippen LogP contribution in [0, 0.1) is 12.8 Å². The zero-order chi connectivity index (χ0) is 25.1. The number of carbonyl (C=O) groups is 2. The average Bonchev–Trinajstić information content (AvgIpc) is 3.17. The van der Waals surface area contributed by atoms with Gasteiger partial charge >= 0.3 is 0 Å². The predicted octanol–water partition coefficient (Wildman–Crippen LogP) is 4.07. The second kappa shape index (κ2) is 11.2. The fourth-order valence-electron chi connectivity index (χ4n) is 5.26. The summed E-state index contributed by atoms with van der Waals surface area (Å²) in [6.45, 7) is 12.6. The van der Waals surface area contributed by atoms with E-state index in [1.807, 2.05) is 19.9 Å². The fraction of sp³-hybridized carbons (Fsp3) is 0.593. The first kappa shape index (κ1) is 25.8. The number of anilines is 1. The molecule has 3 aliphatic heterocycles. The zero-order valence-corrected chi connectivity index (χ0v) is 22.5. The van der Waals surface area contributed by atoms with Crippen LogP contribution in [-0.4, -0.2) is 74.9 Å². The summed E-state index contributed by atoms with van der Waals surface area (Å²) in [5.41, 5.74) is 4.71. The highest BCUT2D eigenvalue weighted by molar-refractivity contribution is 7.17. The van der Waals surface area contributed by atoms with Crippen molar-refractivity contribution >= 4 is 39.4 Å². The molecule has 0 aliphatic carbocycles. The molecule has 1 saturated heterocycles. The summed E-state index contributed by atoms with van der Waals surface area (Å²) in [4.78, 5) is 36.1. The maximum Gasteiger partial charge on any atom is 0.254 e. The first-order chi connectivity index (χ1) is 16.8. The number of dihydropyridines is 1. The summed E-state index contributed by atoms with van der Waals surface area (Å²) in [6.07, 6.45) is 7.12. The number of nitrogens with zero attached hydrogens (tertiary/aromatic N) is 3. The minimum atomic E-state index is -0.401. The van der Waals surface area contributed by atoms with Crippen molar-refractivity contribution in [1.29, 1.82) is 0 Å². The highest BCUT2D eigenvalue weighted by Gasteiger charge is 2.31. The number of thiophene rings is 1. The van der Waals surface area contributed by atoms with Gasteiger partial charge in [-0.15, -0.1) is 11.3 Å². The number of likely N-dealkylation sites (N-methyl/N-ethyl adjacent to an activating group) is 1. The van der Waals surface area contributed by atoms with E-state index in [2.05, 4.69) is 47.1 Å². The molecular weight excluding hydrogens is 460 g/mol. The molecule has 3 aliphatic rings. The highest BCUT2D eigenvalue weighted by Crippen LogP contribution is 2.42. The molecule has 35 heavy (non-hydrogen) atoms. The van der Waals surface area contributed by atoms with Crippen LogP contribution in [0.25, 0.3) is 5.57 Å². The van der Waals surface area contributed by atoms with Crippen LogP contribution in [0.5, 0.6) is 0 Å². The summed E-state index contributed by atoms with van der Waals surface area (Å²) in [5, 5.41) is 4.27. The van der Waals surface area contributed by atoms with Gasteiger partial charge in [0.25, 0.3) is 11.8 Å². The molecular formula is C27H38N4O3S. The number of amides is 2. The monoisotopic (exact) mass is 498 g/mol. The molecule has 0 radical (unpaired) electrons. The van der Waals surface area contributed by atoms with Crippen LogP contribution < -0.4 is 10.2 Å². The molecule has 1 N–H and O–H groups in total. The van der Waals surface area contributed by atoms with E-state index in [-0.39, 0.29) is 18.4 Å². The highest BCUT2D eigenvalue weighted by atomic mass is 32.1. The van der Waals surface area contributed by atoms with Crippen LogP contribution in [-0.2, 0) is 9.53 Å². The molecule has 8 heteroatoms. The Kier molecular flexibility index (Phi) is 8.24. The Morgan fingerprint density at radius 2 is 2.03 bits per heavy atom. The van der Waals surface area contributed by atoms with Crippen molar-refractivity contribution < 1.29 is 14.3 Å². The second-order valence-electron chi connectivity index (χ2n) is 9.85. The molecule has 0 saturated carbocycles. The average molecular weight is 499 g/mol. The lowest BCUT2D eigenvalue weighted by Gasteiger charge is -2.35. The Morgan fingerprint density at radius 3 is 2.66 bits per heavy atom. The van der Waals surface area contributed by atoms with Gasteiger partial charge < -0.3 is 19.9 Å². The standard InChI is InChI=1S/C27H38N4O3S/c1-6-31(21-9-13-34-14-10-21)27-19(4)23(24(35-27)20-7-11-30(5)12-8-20)26(33)28-16-22-17(2)15-18(3)29-25(22)32/h7,15,21-22H,6,8-14,16H2,1-5H3,(H,28,33). The number of rotatable bonds is 7. The maximum atomic E-state index is 13.7. The van der Waals surface area contributed by atoms with E-state index in [4.69, 9.17) is 4.74 Å². The molecule has 4 rings (SSSR count). The second-order valence-corrected chi connectivity index (χ2v) is 10.8. The Hall–Kier alpha value is -2.29. The largest absolute Gasteiger partial charge is 0.381 e. The van der Waals surface area contributed by atoms with Crippen molar-refractivity contribution in [3.63, 3.8) is 0 Å². The normalized spacial score (nSPS) is 21.9. The van der Waals surface area contributed by atoms with Gasteiger partial charge in [-0.05, 0) is 71.2 Å². The van der Waals surface area contributed by atoms with E-state index in [1.165, 1.54) is 10.6 Å². The summed E-state index contributed by atoms with van der Waals surface area (Å²) in [6, 6.07) is 0.426. The molecule has 1 unspecified atom stereocenters. The Morgan fingerprint density at radius 1 is 1.29 bits per heavy atom. The third-order valence-electron chi connectivity index (χ3n) is 7.32. The van der Waals surface area contributed by atoms with Gasteiger partial charge in [-0.25, -0.2) is 4.99 Å². The van der Waals surface area contributed by atoms with Gasteiger partial charge in [-0.3, -0.25) is 9.59 Å². The van der Waals surface area contributed by atoms with E-state index in [0.717, 1.165) is 79.4 Å². The minimum absolute atomic E-state index is 0.102. The van der Waals surface area contributed by atoms with Crippen LogP contribution in [0.3, 0.4) is 0 Å². The summed E-state index contributed by atoms with van der Waals surface area (Å²) < 4.78 is 5.60. The molecule has 0 aromatic carbocycles. The third kappa shape index (κ3) is 5.60. The van der Waals surface area contributed by atoms with Gasteiger partial charge in [0.2, 0.25) is 0 Å². The number of carbonyl (C=O) groups excluding carboxylic acids is 2. The number of hydrogen-bond acceptors (Lipinski definition) is 6. The van der Waals surface area contributed by atoms with Crippen LogP contribution in [0.1, 0.15) is 60.8 Å². The molecule has 1 aromatic rings. The number of aliphatic imine (C=N–C) groups is 1. The van der Waals surface area contributed by atoms with Gasteiger partial charge in [-0.2, -0.15) is 0 Å². The van der Waals surface area contributed by atoms with Crippen molar-refractivity contribution in [2.45, 2.75) is 53.0 Å². The molecule has 1 fully saturated rings. The van der Waals surface area contributed by atoms with Crippen molar-refractivity contribution in [1.82, 2.24) is 10.2 Å². The molecule has 190 valence electrons. The van der Waals surface area contributed by atoms with E-state index in [0.29, 0.717) is 6.04 Å². The maximum absolute atomic E-state index is 13.7. The molecule has 4 heterocycles. The summed E-state index contributed by atoms with van der Waals surface area (Å²) >= 11 is 1.75.